The summed E-state index contributed by atoms with van der Waals surface area (Å²) in [6.07, 6.45) is 8.71. The normalized spacial score (nSPS) is 35.0. The first kappa shape index (κ1) is 39.5. The number of methoxy groups -OCH3 is 2. The summed E-state index contributed by atoms with van der Waals surface area (Å²) < 4.78 is 17.4. The Labute approximate surface area is 275 Å². The fraction of sp³-hybridized carbons (Fsp3) is 0.722. The highest BCUT2D eigenvalue weighted by Crippen LogP contribution is 2.29. The molecule has 0 radical (unpaired) electrons. The molecule has 8 atom stereocenters. The maximum Gasteiger partial charge on any atom is 0.329 e. The van der Waals surface area contributed by atoms with Crippen LogP contribution in [0.15, 0.2) is 36.0 Å². The van der Waals surface area contributed by atoms with E-state index in [0.717, 1.165) is 24.2 Å². The molecule has 0 aliphatic carbocycles. The lowest BCUT2D eigenvalue weighted by atomic mass is 9.86. The van der Waals surface area contributed by atoms with E-state index in [1.165, 1.54) is 19.6 Å². The number of cyclic esters (lactones) is 1. The summed E-state index contributed by atoms with van der Waals surface area (Å²) in [7, 11) is 3.15. The monoisotopic (exact) mass is 646 g/mol. The Hall–Kier alpha value is -2.66. The van der Waals surface area contributed by atoms with Gasteiger partial charge in [-0.15, -0.1) is 0 Å². The molecular weight excluding hydrogens is 588 g/mol. The van der Waals surface area contributed by atoms with Crippen LogP contribution in [0.1, 0.15) is 92.9 Å². The Morgan fingerprint density at radius 1 is 1.09 bits per heavy atom. The van der Waals surface area contributed by atoms with Gasteiger partial charge in [0.2, 0.25) is 5.79 Å². The number of ether oxygens (including phenoxy) is 3. The fourth-order valence-corrected chi connectivity index (χ4v) is 6.62. The number of carbonyl (C=O) groups excluding carboxylic acids is 3. The molecule has 2 heterocycles. The van der Waals surface area contributed by atoms with Crippen LogP contribution in [0, 0.1) is 29.1 Å². The molecule has 0 spiro atoms. The third-order valence-electron chi connectivity index (χ3n) is 9.51. The van der Waals surface area contributed by atoms with Crippen molar-refractivity contribution in [3.8, 4) is 0 Å². The number of carbonyl (C=O) groups is 3. The van der Waals surface area contributed by atoms with Crippen molar-refractivity contribution in [3.63, 3.8) is 0 Å². The largest absolute Gasteiger partial charge is 0.456 e. The minimum atomic E-state index is -2.97. The van der Waals surface area contributed by atoms with Gasteiger partial charge in [0.15, 0.2) is 0 Å². The average Bonchev–Trinajstić information content (AvgIpc) is 3.02. The molecule has 0 bridgehead atoms. The van der Waals surface area contributed by atoms with Crippen LogP contribution < -0.4 is 0 Å². The first-order chi connectivity index (χ1) is 21.6. The van der Waals surface area contributed by atoms with Crippen molar-refractivity contribution in [2.75, 3.05) is 20.8 Å². The fourth-order valence-electron chi connectivity index (χ4n) is 6.62. The van der Waals surface area contributed by atoms with Crippen LogP contribution in [0.3, 0.4) is 0 Å². The maximum absolute atomic E-state index is 13.5. The quantitative estimate of drug-likeness (QED) is 0.164. The Bertz CT molecular complexity index is 1140. The molecule has 1 amide bonds. The number of nitrogens with zero attached hydrogens (tertiary/aromatic N) is 1. The van der Waals surface area contributed by atoms with Gasteiger partial charge in [0.05, 0.1) is 12.2 Å². The molecule has 0 saturated carbocycles. The van der Waals surface area contributed by atoms with Gasteiger partial charge in [-0.25, -0.2) is 4.79 Å². The molecule has 10 heteroatoms. The van der Waals surface area contributed by atoms with Gasteiger partial charge in [0.1, 0.15) is 12.1 Å². The number of esters is 1. The summed E-state index contributed by atoms with van der Waals surface area (Å²) >= 11 is 0. The van der Waals surface area contributed by atoms with Crippen LogP contribution in [-0.4, -0.2) is 89.4 Å². The molecule has 0 unspecified atom stereocenters. The van der Waals surface area contributed by atoms with Crippen LogP contribution >= 0.6 is 0 Å². The standard InChI is InChI=1S/C36H58N2O8/c1-10-27-18-23(4)17-24(5)19-28(44-8)21-29(45-9)20-26(7)36(42,43)33(39)34(40)38-16-12-11-13-31(38)35(41)46-32(22(2)3)25(6)14-15-30(27)37/h14-15,18,24-29,31-32,37,42-43H,2,10-13,16-17,19-21H2,1,3-9H3/b15-14+,23-18+,37-30?/t24-,25+,26+,27+,28-,29-,31-,32+/m0/s1. The summed E-state index contributed by atoms with van der Waals surface area (Å²) in [6.45, 7) is 15.5. The van der Waals surface area contributed by atoms with Crippen molar-refractivity contribution >= 4 is 23.4 Å². The third kappa shape index (κ3) is 10.7. The zero-order valence-corrected chi connectivity index (χ0v) is 29.2. The third-order valence-corrected chi connectivity index (χ3v) is 9.51. The molecule has 46 heavy (non-hydrogen) atoms. The second-order valence-corrected chi connectivity index (χ2v) is 13.6. The van der Waals surface area contributed by atoms with Crippen LogP contribution in [0.4, 0.5) is 0 Å². The second kappa shape index (κ2) is 18.0. The highest BCUT2D eigenvalue weighted by Gasteiger charge is 2.48. The first-order valence-corrected chi connectivity index (χ1v) is 16.7. The maximum atomic E-state index is 13.5. The lowest BCUT2D eigenvalue weighted by Gasteiger charge is -2.37. The first-order valence-electron chi connectivity index (χ1n) is 16.7. The van der Waals surface area contributed by atoms with Crippen molar-refractivity contribution in [1.82, 2.24) is 4.90 Å². The Kier molecular flexibility index (Phi) is 15.5. The highest BCUT2D eigenvalue weighted by molar-refractivity contribution is 6.39. The SMILES string of the molecule is C=C(C)[C@H]1OC(=O)[C@@H]2CCCCN2C(=O)C(=O)C(O)(O)[C@H](C)C[C@H](OC)C[C@@H](OC)C[C@@H](C)C/C(C)=C/[C@@H](CC)C(=N)/C=C/[C@H]1C. The molecule has 260 valence electrons. The van der Waals surface area contributed by atoms with E-state index in [-0.39, 0.29) is 43.2 Å². The van der Waals surface area contributed by atoms with Crippen molar-refractivity contribution < 1.29 is 38.8 Å². The number of fused-ring (bicyclic) bond motifs is 1. The summed E-state index contributed by atoms with van der Waals surface area (Å²) in [5.41, 5.74) is 2.23. The van der Waals surface area contributed by atoms with Crippen molar-refractivity contribution in [2.45, 2.75) is 123 Å². The van der Waals surface area contributed by atoms with Gasteiger partial charge in [0.25, 0.3) is 11.7 Å². The molecule has 0 aromatic heterocycles. The van der Waals surface area contributed by atoms with Gasteiger partial charge < -0.3 is 34.7 Å². The van der Waals surface area contributed by atoms with E-state index < -0.39 is 47.6 Å². The number of nitrogens with one attached hydrogen (secondary N) is 1. The zero-order valence-electron chi connectivity index (χ0n) is 29.2. The molecular formula is C36H58N2O8. The smallest absolute Gasteiger partial charge is 0.329 e. The van der Waals surface area contributed by atoms with Crippen molar-refractivity contribution in [2.24, 2.45) is 23.7 Å². The zero-order chi connectivity index (χ0) is 34.8. The number of hydrogen-bond donors (Lipinski definition) is 3. The number of piperidine rings is 1. The number of ketones is 1. The van der Waals surface area contributed by atoms with E-state index in [0.29, 0.717) is 30.5 Å². The summed E-state index contributed by atoms with van der Waals surface area (Å²) in [4.78, 5) is 41.5. The molecule has 0 aromatic rings. The van der Waals surface area contributed by atoms with Gasteiger partial charge >= 0.3 is 5.97 Å². The van der Waals surface area contributed by atoms with Crippen molar-refractivity contribution in [3.05, 3.63) is 36.0 Å². The minimum Gasteiger partial charge on any atom is -0.456 e. The Morgan fingerprint density at radius 3 is 2.30 bits per heavy atom. The molecule has 2 rings (SSSR count). The van der Waals surface area contributed by atoms with Crippen LogP contribution in [-0.2, 0) is 28.6 Å². The lowest BCUT2D eigenvalue weighted by molar-refractivity contribution is -0.208. The highest BCUT2D eigenvalue weighted by atomic mass is 16.5. The molecule has 2 aliphatic rings. The molecule has 1 saturated heterocycles. The second-order valence-electron chi connectivity index (χ2n) is 13.6. The Morgan fingerprint density at radius 2 is 1.72 bits per heavy atom. The molecule has 0 aromatic carbocycles. The van der Waals surface area contributed by atoms with E-state index in [9.17, 15) is 24.6 Å². The molecule has 10 nitrogen and oxygen atoms in total. The lowest BCUT2D eigenvalue weighted by Crippen LogP contribution is -2.58. The topological polar surface area (TPSA) is 146 Å². The number of hydrogen-bond acceptors (Lipinski definition) is 9. The molecule has 3 N–H and O–H groups in total. The predicted molar refractivity (Wildman–Crippen MR) is 178 cm³/mol. The number of amides is 1. The predicted octanol–water partition coefficient (Wildman–Crippen LogP) is 5.17. The van der Waals surface area contributed by atoms with Crippen LogP contribution in [0.2, 0.25) is 0 Å². The summed E-state index contributed by atoms with van der Waals surface area (Å²) in [6, 6.07) is -1.05. The Balaban J connectivity index is 2.51. The number of allylic oxidation sites excluding steroid dienone is 3. The van der Waals surface area contributed by atoms with E-state index in [1.807, 2.05) is 13.0 Å². The van der Waals surface area contributed by atoms with E-state index in [2.05, 4.69) is 33.4 Å². The van der Waals surface area contributed by atoms with E-state index in [4.69, 9.17) is 19.6 Å². The molecule has 2 aliphatic heterocycles. The van der Waals surface area contributed by atoms with Gasteiger partial charge in [-0.05, 0) is 82.8 Å². The van der Waals surface area contributed by atoms with Crippen molar-refractivity contribution in [1.29, 1.82) is 5.41 Å². The van der Waals surface area contributed by atoms with Gasteiger partial charge in [0, 0.05) is 44.2 Å². The number of Topliss-reactive ketones (excluding diaryl/α,β-unsaturated/α-hetero) is 1. The van der Waals surface area contributed by atoms with Crippen LogP contribution in [0.5, 0.6) is 0 Å². The van der Waals surface area contributed by atoms with Gasteiger partial charge in [-0.3, -0.25) is 9.59 Å². The number of aliphatic hydroxyl groups is 2. The summed E-state index contributed by atoms with van der Waals surface area (Å²) in [5.74, 6) is -7.33. The average molecular weight is 647 g/mol. The van der Waals surface area contributed by atoms with Crippen LogP contribution in [0.25, 0.3) is 0 Å². The minimum absolute atomic E-state index is 0.0720. The van der Waals surface area contributed by atoms with E-state index >= 15 is 0 Å². The van der Waals surface area contributed by atoms with Gasteiger partial charge in [-0.1, -0.05) is 52.0 Å². The number of rotatable bonds is 4. The summed E-state index contributed by atoms with van der Waals surface area (Å²) in [5, 5.41) is 30.8. The van der Waals surface area contributed by atoms with E-state index in [1.54, 1.807) is 20.1 Å². The van der Waals surface area contributed by atoms with Gasteiger partial charge in [-0.2, -0.15) is 0 Å². The molecule has 1 fully saturated rings.